The minimum atomic E-state index is -0.303. The second-order valence-corrected chi connectivity index (χ2v) is 5.88. The number of primary amides is 1. The molecule has 1 rings (SSSR count). The van der Waals surface area contributed by atoms with Crippen LogP contribution in [0.15, 0.2) is 22.7 Å². The summed E-state index contributed by atoms with van der Waals surface area (Å²) in [6.07, 6.45) is 1.81. The Morgan fingerprint density at radius 1 is 1.33 bits per heavy atom. The van der Waals surface area contributed by atoms with Crippen molar-refractivity contribution in [1.29, 1.82) is 0 Å². The fourth-order valence-corrected chi connectivity index (χ4v) is 2.33. The Hall–Kier alpha value is -0.630. The maximum Gasteiger partial charge on any atom is 0.252 e. The van der Waals surface area contributed by atoms with Crippen molar-refractivity contribution in [1.82, 2.24) is 5.32 Å². The maximum absolute atomic E-state index is 11.9. The van der Waals surface area contributed by atoms with Gasteiger partial charge in [-0.2, -0.15) is 0 Å². The molecule has 18 heavy (non-hydrogen) atoms. The van der Waals surface area contributed by atoms with Crippen molar-refractivity contribution in [2.45, 2.75) is 19.3 Å². The summed E-state index contributed by atoms with van der Waals surface area (Å²) in [4.78, 5) is 22.4. The average molecular weight is 425 g/mol. The van der Waals surface area contributed by atoms with Crippen LogP contribution in [-0.2, 0) is 4.79 Å². The SMILES string of the molecule is NC(=O)CCCCNC(=O)c1cc(Br)ccc1I. The van der Waals surface area contributed by atoms with Crippen molar-refractivity contribution < 1.29 is 9.59 Å². The van der Waals surface area contributed by atoms with Gasteiger partial charge in [-0.15, -0.1) is 0 Å². The van der Waals surface area contributed by atoms with Crippen LogP contribution in [0.25, 0.3) is 0 Å². The van der Waals surface area contributed by atoms with E-state index in [9.17, 15) is 9.59 Å². The molecule has 0 unspecified atom stereocenters. The normalized spacial score (nSPS) is 10.1. The molecular weight excluding hydrogens is 411 g/mol. The number of rotatable bonds is 6. The molecule has 0 aromatic heterocycles. The van der Waals surface area contributed by atoms with Gasteiger partial charge in [0.05, 0.1) is 5.56 Å². The molecule has 0 fully saturated rings. The zero-order chi connectivity index (χ0) is 13.5. The van der Waals surface area contributed by atoms with E-state index in [0.29, 0.717) is 24.9 Å². The third kappa shape index (κ3) is 5.34. The molecule has 2 amide bonds. The van der Waals surface area contributed by atoms with E-state index >= 15 is 0 Å². The third-order valence-electron chi connectivity index (χ3n) is 2.31. The minimum Gasteiger partial charge on any atom is -0.370 e. The summed E-state index contributed by atoms with van der Waals surface area (Å²) in [5, 5.41) is 2.82. The minimum absolute atomic E-state index is 0.0974. The molecule has 0 aliphatic carbocycles. The highest BCUT2D eigenvalue weighted by Crippen LogP contribution is 2.18. The quantitative estimate of drug-likeness (QED) is 0.543. The summed E-state index contributed by atoms with van der Waals surface area (Å²) in [6, 6.07) is 5.57. The second kappa shape index (κ2) is 7.73. The van der Waals surface area contributed by atoms with Crippen LogP contribution in [0.4, 0.5) is 0 Å². The highest BCUT2D eigenvalue weighted by Gasteiger charge is 2.09. The highest BCUT2D eigenvalue weighted by molar-refractivity contribution is 14.1. The van der Waals surface area contributed by atoms with E-state index < -0.39 is 0 Å². The number of carbonyl (C=O) groups excluding carboxylic acids is 2. The molecule has 6 heteroatoms. The van der Waals surface area contributed by atoms with Crippen LogP contribution in [-0.4, -0.2) is 18.4 Å². The molecule has 0 aliphatic rings. The van der Waals surface area contributed by atoms with Crippen LogP contribution < -0.4 is 11.1 Å². The number of carbonyl (C=O) groups is 2. The lowest BCUT2D eigenvalue weighted by atomic mass is 10.2. The molecule has 3 N–H and O–H groups in total. The lowest BCUT2D eigenvalue weighted by molar-refractivity contribution is -0.118. The van der Waals surface area contributed by atoms with Crippen molar-refractivity contribution >= 4 is 50.3 Å². The van der Waals surface area contributed by atoms with E-state index in [0.717, 1.165) is 14.5 Å². The molecule has 1 aromatic carbocycles. The molecule has 0 heterocycles. The molecule has 98 valence electrons. The topological polar surface area (TPSA) is 72.2 Å². The van der Waals surface area contributed by atoms with E-state index in [1.165, 1.54) is 0 Å². The second-order valence-electron chi connectivity index (χ2n) is 3.80. The number of halogens is 2. The molecule has 0 aliphatic heterocycles. The molecule has 0 radical (unpaired) electrons. The summed E-state index contributed by atoms with van der Waals surface area (Å²) in [5.74, 6) is -0.400. The summed E-state index contributed by atoms with van der Waals surface area (Å²) < 4.78 is 1.78. The van der Waals surface area contributed by atoms with Crippen molar-refractivity contribution in [2.75, 3.05) is 6.54 Å². The van der Waals surface area contributed by atoms with Crippen molar-refractivity contribution in [3.05, 3.63) is 31.8 Å². The molecule has 1 aromatic rings. The fourth-order valence-electron chi connectivity index (χ4n) is 1.39. The summed E-state index contributed by atoms with van der Waals surface area (Å²) >= 11 is 5.47. The first-order valence-corrected chi connectivity index (χ1v) is 7.39. The standard InChI is InChI=1S/C12H14BrIN2O2/c13-8-4-5-10(14)9(7-8)12(18)16-6-2-1-3-11(15)17/h4-5,7H,1-3,6H2,(H2,15,17)(H,16,18). The third-order valence-corrected chi connectivity index (χ3v) is 3.74. The predicted molar refractivity (Wildman–Crippen MR) is 82.2 cm³/mol. The maximum atomic E-state index is 11.9. The van der Waals surface area contributed by atoms with Gasteiger partial charge < -0.3 is 11.1 Å². The Morgan fingerprint density at radius 2 is 2.06 bits per heavy atom. The van der Waals surface area contributed by atoms with Crippen LogP contribution in [0.2, 0.25) is 0 Å². The van der Waals surface area contributed by atoms with Gasteiger partial charge in [0.2, 0.25) is 5.91 Å². The first-order valence-electron chi connectivity index (χ1n) is 5.52. The molecule has 0 bridgehead atoms. The largest absolute Gasteiger partial charge is 0.370 e. The lowest BCUT2D eigenvalue weighted by Crippen LogP contribution is -2.25. The van der Waals surface area contributed by atoms with Gasteiger partial charge in [0.1, 0.15) is 0 Å². The molecule has 0 spiro atoms. The molecule has 0 saturated heterocycles. The first kappa shape index (κ1) is 15.4. The molecule has 0 saturated carbocycles. The number of nitrogens with one attached hydrogen (secondary N) is 1. The van der Waals surface area contributed by atoms with Gasteiger partial charge in [-0.05, 0) is 53.6 Å². The zero-order valence-electron chi connectivity index (χ0n) is 9.71. The first-order chi connectivity index (χ1) is 8.50. The van der Waals surface area contributed by atoms with E-state index in [1.807, 2.05) is 12.1 Å². The van der Waals surface area contributed by atoms with Crippen molar-refractivity contribution in [3.63, 3.8) is 0 Å². The number of amides is 2. The fraction of sp³-hybridized carbons (Fsp3) is 0.333. The van der Waals surface area contributed by atoms with E-state index in [4.69, 9.17) is 5.73 Å². The van der Waals surface area contributed by atoms with Gasteiger partial charge in [0, 0.05) is 21.0 Å². The lowest BCUT2D eigenvalue weighted by Gasteiger charge is -2.07. The molecule has 4 nitrogen and oxygen atoms in total. The Bertz CT molecular complexity index is 452. The van der Waals surface area contributed by atoms with Crippen LogP contribution in [0.5, 0.6) is 0 Å². The number of hydrogen-bond acceptors (Lipinski definition) is 2. The van der Waals surface area contributed by atoms with Crippen molar-refractivity contribution in [2.24, 2.45) is 5.73 Å². The van der Waals surface area contributed by atoms with E-state index in [1.54, 1.807) is 6.07 Å². The monoisotopic (exact) mass is 424 g/mol. The Balaban J connectivity index is 2.41. The molecule has 0 atom stereocenters. The number of hydrogen-bond donors (Lipinski definition) is 2. The van der Waals surface area contributed by atoms with Gasteiger partial charge in [0.15, 0.2) is 0 Å². The van der Waals surface area contributed by atoms with Gasteiger partial charge in [-0.3, -0.25) is 9.59 Å². The summed E-state index contributed by atoms with van der Waals surface area (Å²) in [7, 11) is 0. The van der Waals surface area contributed by atoms with Crippen molar-refractivity contribution in [3.8, 4) is 0 Å². The van der Waals surface area contributed by atoms with E-state index in [-0.39, 0.29) is 11.8 Å². The van der Waals surface area contributed by atoms with E-state index in [2.05, 4.69) is 43.8 Å². The summed E-state index contributed by atoms with van der Waals surface area (Å²) in [6.45, 7) is 0.550. The number of nitrogens with two attached hydrogens (primary N) is 1. The van der Waals surface area contributed by atoms with Gasteiger partial charge in [-0.25, -0.2) is 0 Å². The van der Waals surface area contributed by atoms with Crippen LogP contribution in [0, 0.1) is 3.57 Å². The van der Waals surface area contributed by atoms with Crippen LogP contribution >= 0.6 is 38.5 Å². The molecular formula is C12H14BrIN2O2. The smallest absolute Gasteiger partial charge is 0.252 e. The van der Waals surface area contributed by atoms with Crippen LogP contribution in [0.3, 0.4) is 0 Å². The Kier molecular flexibility index (Phi) is 6.62. The summed E-state index contributed by atoms with van der Waals surface area (Å²) in [5.41, 5.74) is 5.68. The number of unbranched alkanes of at least 4 members (excludes halogenated alkanes) is 1. The van der Waals surface area contributed by atoms with Gasteiger partial charge >= 0.3 is 0 Å². The Labute approximate surface area is 128 Å². The van der Waals surface area contributed by atoms with Gasteiger partial charge in [-0.1, -0.05) is 15.9 Å². The zero-order valence-corrected chi connectivity index (χ0v) is 13.5. The van der Waals surface area contributed by atoms with Gasteiger partial charge in [0.25, 0.3) is 5.91 Å². The predicted octanol–water partition coefficient (Wildman–Crippen LogP) is 2.44. The number of benzene rings is 1. The average Bonchev–Trinajstić information content (AvgIpc) is 2.31. The highest BCUT2D eigenvalue weighted by atomic mass is 127. The van der Waals surface area contributed by atoms with Crippen LogP contribution in [0.1, 0.15) is 29.6 Å². The Morgan fingerprint density at radius 3 is 2.72 bits per heavy atom.